The van der Waals surface area contributed by atoms with Crippen LogP contribution in [0, 0.1) is 0 Å². The van der Waals surface area contributed by atoms with Crippen molar-refractivity contribution in [3.63, 3.8) is 0 Å². The van der Waals surface area contributed by atoms with Crippen molar-refractivity contribution >= 4 is 15.9 Å². The van der Waals surface area contributed by atoms with Crippen molar-refractivity contribution in [3.8, 4) is 0 Å². The molecule has 1 rings (SSSR count). The summed E-state index contributed by atoms with van der Waals surface area (Å²) < 4.78 is 0. The van der Waals surface area contributed by atoms with Gasteiger partial charge < -0.3 is 5.32 Å². The summed E-state index contributed by atoms with van der Waals surface area (Å²) in [5, 5.41) is 5.16. The summed E-state index contributed by atoms with van der Waals surface area (Å²) in [6.45, 7) is 15.1. The van der Waals surface area contributed by atoms with Crippen LogP contribution < -0.4 is 5.32 Å². The van der Waals surface area contributed by atoms with Gasteiger partial charge in [0, 0.05) is 13.0 Å². The van der Waals surface area contributed by atoms with Crippen LogP contribution in [-0.4, -0.2) is 34.5 Å². The molecule has 1 N–H and O–H groups in total. The Balaban J connectivity index is 0.000000368. The van der Waals surface area contributed by atoms with Crippen LogP contribution in [0.15, 0.2) is 0 Å². The Morgan fingerprint density at radius 1 is 1.00 bits per heavy atom. The van der Waals surface area contributed by atoms with E-state index in [0.717, 1.165) is 28.7 Å². The lowest BCUT2D eigenvalue weighted by molar-refractivity contribution is -0.125. The van der Waals surface area contributed by atoms with E-state index in [2.05, 4.69) is 53.1 Å². The van der Waals surface area contributed by atoms with Crippen LogP contribution in [0.1, 0.15) is 48.0 Å². The molecule has 2 nitrogen and oxygen atoms in total. The fourth-order valence-electron chi connectivity index (χ4n) is 1.86. The number of β-lactam (4-membered cyclic amide) rings is 1. The molecular formula is C13H29NOS. The Labute approximate surface area is 103 Å². The summed E-state index contributed by atoms with van der Waals surface area (Å²) in [5.41, 5.74) is 0. The third-order valence-electron chi connectivity index (χ3n) is 3.72. The molecule has 1 aliphatic heterocycles. The van der Waals surface area contributed by atoms with Crippen molar-refractivity contribution in [3.05, 3.63) is 0 Å². The quantitative estimate of drug-likeness (QED) is 0.763. The summed E-state index contributed by atoms with van der Waals surface area (Å²) in [7, 11) is -0.389. The Bertz CT molecular complexity index is 196. The fourth-order valence-corrected chi connectivity index (χ4v) is 5.13. The molecule has 0 atom stereocenters. The average molecular weight is 247 g/mol. The van der Waals surface area contributed by atoms with Crippen LogP contribution in [-0.2, 0) is 4.79 Å². The molecule has 0 radical (unpaired) electrons. The van der Waals surface area contributed by atoms with E-state index in [1.165, 1.54) is 0 Å². The molecule has 1 heterocycles. The summed E-state index contributed by atoms with van der Waals surface area (Å²) in [6, 6.07) is 0. The molecule has 0 aromatic rings. The minimum absolute atomic E-state index is 0.185. The highest BCUT2D eigenvalue weighted by atomic mass is 32.3. The first kappa shape index (κ1) is 15.8. The van der Waals surface area contributed by atoms with Crippen LogP contribution in [0.5, 0.6) is 0 Å². The molecule has 16 heavy (non-hydrogen) atoms. The highest BCUT2D eigenvalue weighted by Gasteiger charge is 2.29. The zero-order valence-corrected chi connectivity index (χ0v) is 12.8. The SMILES string of the molecule is CC(C)S(C)(C(C)C)C(C)C.O=C1CCN1. The van der Waals surface area contributed by atoms with E-state index in [0.29, 0.717) is 0 Å². The molecule has 3 heteroatoms. The molecule has 0 aliphatic carbocycles. The highest BCUT2D eigenvalue weighted by molar-refractivity contribution is 8.34. The van der Waals surface area contributed by atoms with Crippen molar-refractivity contribution in [2.24, 2.45) is 0 Å². The largest absolute Gasteiger partial charge is 0.356 e. The van der Waals surface area contributed by atoms with E-state index < -0.39 is 0 Å². The third-order valence-corrected chi connectivity index (χ3v) is 9.82. The molecule has 0 saturated carbocycles. The monoisotopic (exact) mass is 247 g/mol. The fraction of sp³-hybridized carbons (Fsp3) is 0.923. The van der Waals surface area contributed by atoms with Crippen LogP contribution in [0.25, 0.3) is 0 Å². The van der Waals surface area contributed by atoms with Gasteiger partial charge in [0.25, 0.3) is 0 Å². The zero-order valence-electron chi connectivity index (χ0n) is 12.0. The molecule has 1 amide bonds. The lowest BCUT2D eigenvalue weighted by Crippen LogP contribution is -2.37. The average Bonchev–Trinajstić information content (AvgIpc) is 2.13. The smallest absolute Gasteiger partial charge is 0.221 e. The first-order chi connectivity index (χ1) is 7.22. The molecule has 1 saturated heterocycles. The van der Waals surface area contributed by atoms with Gasteiger partial charge in [0.2, 0.25) is 5.91 Å². The van der Waals surface area contributed by atoms with Crippen molar-refractivity contribution in [1.82, 2.24) is 5.32 Å². The minimum Gasteiger partial charge on any atom is -0.356 e. The van der Waals surface area contributed by atoms with Gasteiger partial charge in [-0.15, -0.1) is 0 Å². The van der Waals surface area contributed by atoms with E-state index in [9.17, 15) is 4.79 Å². The van der Waals surface area contributed by atoms with Crippen LogP contribution in [0.2, 0.25) is 0 Å². The minimum atomic E-state index is -0.389. The maximum Gasteiger partial charge on any atom is 0.221 e. The number of amides is 1. The summed E-state index contributed by atoms with van der Waals surface area (Å²) in [4.78, 5) is 9.79. The maximum absolute atomic E-state index is 9.79. The molecule has 1 aliphatic rings. The van der Waals surface area contributed by atoms with E-state index in [-0.39, 0.29) is 15.9 Å². The van der Waals surface area contributed by atoms with Gasteiger partial charge in [-0.2, -0.15) is 0 Å². The van der Waals surface area contributed by atoms with Crippen LogP contribution in [0.3, 0.4) is 0 Å². The first-order valence-electron chi connectivity index (χ1n) is 6.24. The van der Waals surface area contributed by atoms with Crippen LogP contribution >= 0.6 is 10.0 Å². The molecule has 0 bridgehead atoms. The van der Waals surface area contributed by atoms with Crippen molar-refractivity contribution < 1.29 is 4.79 Å². The van der Waals surface area contributed by atoms with Crippen molar-refractivity contribution in [1.29, 1.82) is 0 Å². The molecule has 0 spiro atoms. The van der Waals surface area contributed by atoms with Gasteiger partial charge in [-0.3, -0.25) is 4.79 Å². The second-order valence-corrected chi connectivity index (χ2v) is 10.4. The highest BCUT2D eigenvalue weighted by Crippen LogP contribution is 2.56. The molecule has 98 valence electrons. The van der Waals surface area contributed by atoms with Crippen LogP contribution in [0.4, 0.5) is 0 Å². The molecule has 0 aromatic carbocycles. The molecule has 0 aromatic heterocycles. The van der Waals surface area contributed by atoms with Crippen molar-refractivity contribution in [2.45, 2.75) is 63.7 Å². The van der Waals surface area contributed by atoms with Gasteiger partial charge in [0.1, 0.15) is 0 Å². The predicted molar refractivity (Wildman–Crippen MR) is 76.5 cm³/mol. The summed E-state index contributed by atoms with van der Waals surface area (Å²) in [5.74, 6) is 0.185. The van der Waals surface area contributed by atoms with Gasteiger partial charge in [-0.1, -0.05) is 41.5 Å². The lowest BCUT2D eigenvalue weighted by Gasteiger charge is -2.48. The Morgan fingerprint density at radius 3 is 1.25 bits per heavy atom. The number of hydrogen-bond acceptors (Lipinski definition) is 1. The molecule has 0 unspecified atom stereocenters. The lowest BCUT2D eigenvalue weighted by atomic mass is 10.3. The second-order valence-electron chi connectivity index (χ2n) is 5.36. The number of rotatable bonds is 3. The van der Waals surface area contributed by atoms with Crippen molar-refractivity contribution in [2.75, 3.05) is 12.8 Å². The van der Waals surface area contributed by atoms with E-state index in [1.54, 1.807) is 0 Å². The third kappa shape index (κ3) is 4.00. The molecule has 1 fully saturated rings. The first-order valence-corrected chi connectivity index (χ1v) is 8.47. The number of nitrogens with one attached hydrogen (secondary N) is 1. The van der Waals surface area contributed by atoms with E-state index >= 15 is 0 Å². The Hall–Kier alpha value is -0.180. The van der Waals surface area contributed by atoms with Gasteiger partial charge >= 0.3 is 0 Å². The number of hydrogen-bond donors (Lipinski definition) is 1. The topological polar surface area (TPSA) is 29.1 Å². The van der Waals surface area contributed by atoms with Gasteiger partial charge in [-0.05, 0) is 22.0 Å². The maximum atomic E-state index is 9.79. The van der Waals surface area contributed by atoms with Gasteiger partial charge in [0.15, 0.2) is 0 Å². The zero-order chi connectivity index (χ0) is 12.9. The van der Waals surface area contributed by atoms with Gasteiger partial charge in [-0.25, -0.2) is 10.0 Å². The predicted octanol–water partition coefficient (Wildman–Crippen LogP) is 3.15. The molecular weight excluding hydrogens is 218 g/mol. The van der Waals surface area contributed by atoms with E-state index in [1.807, 2.05) is 0 Å². The number of carbonyl (C=O) groups excluding carboxylic acids is 1. The Morgan fingerprint density at radius 2 is 1.25 bits per heavy atom. The normalized spacial score (nSPS) is 16.8. The van der Waals surface area contributed by atoms with Gasteiger partial charge in [0.05, 0.1) is 0 Å². The Kier molecular flexibility index (Phi) is 6.46. The summed E-state index contributed by atoms with van der Waals surface area (Å²) in [6.07, 6.45) is 3.23. The summed E-state index contributed by atoms with van der Waals surface area (Å²) >= 11 is 0. The second kappa shape index (κ2) is 6.53. The number of carbonyl (C=O) groups is 1. The van der Waals surface area contributed by atoms with E-state index in [4.69, 9.17) is 0 Å². The standard InChI is InChI=1S/C10H24S.C3H5NO/c1-8(2)11(7,9(3)4)10(5)6;5-3-1-2-4-3/h8-10H,1-7H3;1-2H2,(H,4,5).